The molecule has 3 rings (SSSR count). The van der Waals surface area contributed by atoms with E-state index in [0.717, 1.165) is 11.3 Å². The fourth-order valence-electron chi connectivity index (χ4n) is 2.23. The van der Waals surface area contributed by atoms with Crippen molar-refractivity contribution in [1.82, 2.24) is 9.61 Å². The Hall–Kier alpha value is -3.20. The lowest BCUT2D eigenvalue weighted by molar-refractivity contribution is 0.475. The number of hydrogen-bond donors (Lipinski definition) is 3. The fourth-order valence-corrected chi connectivity index (χ4v) is 2.23. The first kappa shape index (κ1) is 12.8. The van der Waals surface area contributed by atoms with Gasteiger partial charge in [0.15, 0.2) is 0 Å². The molecule has 2 heterocycles. The first-order valence-electron chi connectivity index (χ1n) is 6.33. The molecule has 3 aromatic rings. The summed E-state index contributed by atoms with van der Waals surface area (Å²) in [7, 11) is 0. The minimum absolute atomic E-state index is 0.195. The molecular formula is C15H13N5O. The van der Waals surface area contributed by atoms with Crippen LogP contribution in [0, 0.1) is 18.3 Å². The number of phenolic OH excluding ortho intramolecular Hbond substituents is 1. The molecule has 104 valence electrons. The molecule has 21 heavy (non-hydrogen) atoms. The molecule has 0 saturated heterocycles. The van der Waals surface area contributed by atoms with E-state index in [1.165, 1.54) is 0 Å². The number of pyridine rings is 1. The van der Waals surface area contributed by atoms with Crippen molar-refractivity contribution < 1.29 is 5.11 Å². The van der Waals surface area contributed by atoms with E-state index in [9.17, 15) is 10.4 Å². The van der Waals surface area contributed by atoms with E-state index < -0.39 is 0 Å². The Morgan fingerprint density at radius 3 is 2.67 bits per heavy atom. The number of nitrogens with one attached hydrogen (secondary N) is 1. The van der Waals surface area contributed by atoms with Gasteiger partial charge < -0.3 is 16.2 Å². The number of hydrogen-bond acceptors (Lipinski definition) is 5. The van der Waals surface area contributed by atoms with Crippen LogP contribution in [0.15, 0.2) is 36.5 Å². The third kappa shape index (κ3) is 2.01. The SMILES string of the molecule is Cc1c(N)c(C#N)c2ccnn2c1Nc1ccc(O)cc1. The van der Waals surface area contributed by atoms with Gasteiger partial charge in [0.25, 0.3) is 0 Å². The molecule has 0 aliphatic heterocycles. The molecule has 1 aromatic carbocycles. The molecule has 0 bridgehead atoms. The number of phenols is 1. The van der Waals surface area contributed by atoms with Gasteiger partial charge in [-0.25, -0.2) is 4.52 Å². The number of rotatable bonds is 2. The van der Waals surface area contributed by atoms with Gasteiger partial charge in [0, 0.05) is 11.3 Å². The van der Waals surface area contributed by atoms with Crippen LogP contribution in [-0.4, -0.2) is 14.7 Å². The number of nitrogens with two attached hydrogens (primary N) is 1. The van der Waals surface area contributed by atoms with E-state index in [2.05, 4.69) is 16.5 Å². The van der Waals surface area contributed by atoms with Gasteiger partial charge in [-0.05, 0) is 37.3 Å². The predicted octanol–water partition coefficient (Wildman–Crippen LogP) is 2.55. The number of aromatic nitrogens is 2. The van der Waals surface area contributed by atoms with Crippen LogP contribution in [0.3, 0.4) is 0 Å². The first-order valence-corrected chi connectivity index (χ1v) is 6.33. The molecule has 6 nitrogen and oxygen atoms in total. The monoisotopic (exact) mass is 279 g/mol. The summed E-state index contributed by atoms with van der Waals surface area (Å²) in [5.74, 6) is 0.887. The summed E-state index contributed by atoms with van der Waals surface area (Å²) in [6.45, 7) is 1.83. The number of benzene rings is 1. The summed E-state index contributed by atoms with van der Waals surface area (Å²) < 4.78 is 1.65. The average molecular weight is 279 g/mol. The third-order valence-corrected chi connectivity index (χ3v) is 3.38. The van der Waals surface area contributed by atoms with E-state index in [0.29, 0.717) is 22.6 Å². The number of fused-ring (bicyclic) bond motifs is 1. The molecule has 0 aliphatic carbocycles. The Morgan fingerprint density at radius 2 is 2.00 bits per heavy atom. The lowest BCUT2D eigenvalue weighted by Gasteiger charge is -2.15. The predicted molar refractivity (Wildman–Crippen MR) is 80.4 cm³/mol. The van der Waals surface area contributed by atoms with Crippen molar-refractivity contribution in [2.45, 2.75) is 6.92 Å². The minimum Gasteiger partial charge on any atom is -0.508 e. The van der Waals surface area contributed by atoms with Crippen molar-refractivity contribution in [2.75, 3.05) is 11.1 Å². The van der Waals surface area contributed by atoms with Gasteiger partial charge in [-0.1, -0.05) is 0 Å². The van der Waals surface area contributed by atoms with Gasteiger partial charge in [-0.2, -0.15) is 10.4 Å². The van der Waals surface area contributed by atoms with Crippen molar-refractivity contribution in [1.29, 1.82) is 5.26 Å². The van der Waals surface area contributed by atoms with Gasteiger partial charge >= 0.3 is 0 Å². The summed E-state index contributed by atoms with van der Waals surface area (Å²) in [6.07, 6.45) is 1.62. The highest BCUT2D eigenvalue weighted by Crippen LogP contribution is 2.30. The standard InChI is InChI=1S/C15H13N5O/c1-9-14(17)12(8-16)13-6-7-18-20(13)15(9)19-10-2-4-11(21)5-3-10/h2-7,19,21H,17H2,1H3. The molecule has 0 unspecified atom stereocenters. The molecule has 0 radical (unpaired) electrons. The summed E-state index contributed by atoms with van der Waals surface area (Å²) in [6, 6.07) is 10.5. The van der Waals surface area contributed by atoms with Crippen molar-refractivity contribution in [3.8, 4) is 11.8 Å². The topological polar surface area (TPSA) is 99.4 Å². The highest BCUT2D eigenvalue weighted by molar-refractivity contribution is 5.80. The van der Waals surface area contributed by atoms with E-state index in [-0.39, 0.29) is 5.75 Å². The maximum absolute atomic E-state index is 9.33. The maximum atomic E-state index is 9.33. The van der Waals surface area contributed by atoms with E-state index in [1.807, 2.05) is 6.92 Å². The molecule has 0 amide bonds. The molecular weight excluding hydrogens is 266 g/mol. The molecule has 0 aliphatic rings. The Kier molecular flexibility index (Phi) is 2.88. The molecule has 2 aromatic heterocycles. The van der Waals surface area contributed by atoms with Crippen LogP contribution in [0.1, 0.15) is 11.1 Å². The third-order valence-electron chi connectivity index (χ3n) is 3.38. The highest BCUT2D eigenvalue weighted by atomic mass is 16.3. The van der Waals surface area contributed by atoms with Crippen molar-refractivity contribution >= 4 is 22.7 Å². The van der Waals surface area contributed by atoms with Crippen molar-refractivity contribution in [3.63, 3.8) is 0 Å². The number of anilines is 3. The van der Waals surface area contributed by atoms with Crippen LogP contribution in [0.5, 0.6) is 5.75 Å². The number of nitriles is 1. The molecule has 6 heteroatoms. The van der Waals surface area contributed by atoms with E-state index in [4.69, 9.17) is 5.73 Å². The lowest BCUT2D eigenvalue weighted by Crippen LogP contribution is -2.07. The first-order chi connectivity index (χ1) is 10.1. The zero-order valence-electron chi connectivity index (χ0n) is 11.3. The average Bonchev–Trinajstić information content (AvgIpc) is 2.95. The summed E-state index contributed by atoms with van der Waals surface area (Å²) in [4.78, 5) is 0. The highest BCUT2D eigenvalue weighted by Gasteiger charge is 2.15. The van der Waals surface area contributed by atoms with Crippen LogP contribution >= 0.6 is 0 Å². The van der Waals surface area contributed by atoms with Crippen LogP contribution in [0.2, 0.25) is 0 Å². The Morgan fingerprint density at radius 1 is 1.29 bits per heavy atom. The van der Waals surface area contributed by atoms with Gasteiger partial charge in [0.05, 0.1) is 17.4 Å². The molecule has 0 saturated carbocycles. The van der Waals surface area contributed by atoms with E-state index >= 15 is 0 Å². The zero-order valence-corrected chi connectivity index (χ0v) is 11.3. The lowest BCUT2D eigenvalue weighted by atomic mass is 10.1. The van der Waals surface area contributed by atoms with E-state index in [1.54, 1.807) is 41.0 Å². The van der Waals surface area contributed by atoms with Crippen molar-refractivity contribution in [2.24, 2.45) is 0 Å². The summed E-state index contributed by atoms with van der Waals surface area (Å²) >= 11 is 0. The fraction of sp³-hybridized carbons (Fsp3) is 0.0667. The second-order valence-electron chi connectivity index (χ2n) is 4.67. The summed E-state index contributed by atoms with van der Waals surface area (Å²) in [5, 5.41) is 26.0. The van der Waals surface area contributed by atoms with Gasteiger partial charge in [0.2, 0.25) is 0 Å². The zero-order chi connectivity index (χ0) is 15.0. The van der Waals surface area contributed by atoms with Gasteiger partial charge in [0.1, 0.15) is 23.2 Å². The normalized spacial score (nSPS) is 10.5. The Balaban J connectivity index is 2.19. The van der Waals surface area contributed by atoms with Crippen LogP contribution in [0.25, 0.3) is 5.52 Å². The largest absolute Gasteiger partial charge is 0.508 e. The van der Waals surface area contributed by atoms with Crippen LogP contribution < -0.4 is 11.1 Å². The number of nitrogens with zero attached hydrogens (tertiary/aromatic N) is 3. The van der Waals surface area contributed by atoms with Gasteiger partial charge in [-0.15, -0.1) is 0 Å². The smallest absolute Gasteiger partial charge is 0.137 e. The maximum Gasteiger partial charge on any atom is 0.137 e. The molecule has 4 N–H and O–H groups in total. The second-order valence-corrected chi connectivity index (χ2v) is 4.67. The number of aromatic hydroxyl groups is 1. The van der Waals surface area contributed by atoms with Crippen molar-refractivity contribution in [3.05, 3.63) is 47.7 Å². The van der Waals surface area contributed by atoms with Crippen LogP contribution in [-0.2, 0) is 0 Å². The molecule has 0 atom stereocenters. The van der Waals surface area contributed by atoms with Crippen LogP contribution in [0.4, 0.5) is 17.2 Å². The second kappa shape index (κ2) is 4.72. The Bertz CT molecular complexity index is 858. The molecule has 0 spiro atoms. The van der Waals surface area contributed by atoms with Gasteiger partial charge in [-0.3, -0.25) is 0 Å². The number of nitrogen functional groups attached to an aromatic ring is 1. The molecule has 0 fully saturated rings. The summed E-state index contributed by atoms with van der Waals surface area (Å²) in [5.41, 5.74) is 9.10. The quantitative estimate of drug-likeness (QED) is 0.626. The Labute approximate surface area is 121 Å². The minimum atomic E-state index is 0.195.